The molecule has 0 amide bonds. The highest BCUT2D eigenvalue weighted by Crippen LogP contribution is 2.20. The third-order valence-corrected chi connectivity index (χ3v) is 3.05. The SMILES string of the molecule is COC(=O)CCN(C)c1ccccc1I. The van der Waals surface area contributed by atoms with Gasteiger partial charge in [-0.25, -0.2) is 0 Å². The zero-order valence-electron chi connectivity index (χ0n) is 8.87. The van der Waals surface area contributed by atoms with Gasteiger partial charge in [0.25, 0.3) is 0 Å². The summed E-state index contributed by atoms with van der Waals surface area (Å²) >= 11 is 2.28. The van der Waals surface area contributed by atoms with Gasteiger partial charge in [0.15, 0.2) is 0 Å². The summed E-state index contributed by atoms with van der Waals surface area (Å²) in [5.74, 6) is -0.173. The molecule has 0 saturated heterocycles. The van der Waals surface area contributed by atoms with Crippen molar-refractivity contribution >= 4 is 34.2 Å². The molecule has 0 radical (unpaired) electrons. The van der Waals surface area contributed by atoms with E-state index in [-0.39, 0.29) is 5.97 Å². The lowest BCUT2D eigenvalue weighted by Gasteiger charge is -2.19. The lowest BCUT2D eigenvalue weighted by atomic mass is 10.3. The van der Waals surface area contributed by atoms with Crippen LogP contribution >= 0.6 is 22.6 Å². The first-order valence-corrected chi connectivity index (χ1v) is 5.75. The van der Waals surface area contributed by atoms with E-state index in [4.69, 9.17) is 0 Å². The van der Waals surface area contributed by atoms with Crippen molar-refractivity contribution in [3.05, 3.63) is 27.8 Å². The first-order chi connectivity index (χ1) is 7.15. The van der Waals surface area contributed by atoms with E-state index in [1.54, 1.807) is 0 Å². The quantitative estimate of drug-likeness (QED) is 0.630. The van der Waals surface area contributed by atoms with Gasteiger partial charge in [-0.15, -0.1) is 0 Å². The maximum absolute atomic E-state index is 11.0. The Bertz CT molecular complexity index is 341. The maximum atomic E-state index is 11.0. The second kappa shape index (κ2) is 5.95. The second-order valence-electron chi connectivity index (χ2n) is 3.20. The number of hydrogen-bond acceptors (Lipinski definition) is 3. The fraction of sp³-hybridized carbons (Fsp3) is 0.364. The van der Waals surface area contributed by atoms with Gasteiger partial charge in [-0.2, -0.15) is 0 Å². The number of nitrogens with zero attached hydrogens (tertiary/aromatic N) is 1. The van der Waals surface area contributed by atoms with Gasteiger partial charge in [0.1, 0.15) is 0 Å². The second-order valence-corrected chi connectivity index (χ2v) is 4.36. The summed E-state index contributed by atoms with van der Waals surface area (Å²) in [7, 11) is 3.38. The summed E-state index contributed by atoms with van der Waals surface area (Å²) in [6.45, 7) is 0.673. The van der Waals surface area contributed by atoms with Crippen LogP contribution < -0.4 is 4.90 Å². The predicted octanol–water partition coefficient (Wildman–Crippen LogP) is 2.29. The molecule has 0 atom stereocenters. The molecule has 1 aromatic rings. The average Bonchev–Trinajstić information content (AvgIpc) is 2.26. The number of methoxy groups -OCH3 is 1. The molecule has 0 bridgehead atoms. The van der Waals surface area contributed by atoms with Gasteiger partial charge < -0.3 is 9.64 Å². The molecule has 0 heterocycles. The molecule has 82 valence electrons. The van der Waals surface area contributed by atoms with Crippen LogP contribution in [0.3, 0.4) is 0 Å². The Labute approximate surface area is 104 Å². The standard InChI is InChI=1S/C11H14INO2/c1-13(8-7-11(14)15-2)10-6-4-3-5-9(10)12/h3-6H,7-8H2,1-2H3. The van der Waals surface area contributed by atoms with Gasteiger partial charge in [0.05, 0.1) is 13.5 Å². The van der Waals surface area contributed by atoms with Gasteiger partial charge in [-0.1, -0.05) is 12.1 Å². The zero-order chi connectivity index (χ0) is 11.3. The number of para-hydroxylation sites is 1. The Hall–Kier alpha value is -0.780. The van der Waals surface area contributed by atoms with Gasteiger partial charge in [0, 0.05) is 22.8 Å². The van der Waals surface area contributed by atoms with Crippen LogP contribution in [0.25, 0.3) is 0 Å². The molecule has 0 aliphatic carbocycles. The van der Waals surface area contributed by atoms with E-state index < -0.39 is 0 Å². The van der Waals surface area contributed by atoms with E-state index in [0.29, 0.717) is 13.0 Å². The molecule has 0 N–H and O–H groups in total. The molecule has 0 unspecified atom stereocenters. The zero-order valence-corrected chi connectivity index (χ0v) is 11.0. The Morgan fingerprint density at radius 2 is 2.13 bits per heavy atom. The molecular formula is C11H14INO2. The fourth-order valence-corrected chi connectivity index (χ4v) is 2.04. The number of esters is 1. The largest absolute Gasteiger partial charge is 0.469 e. The van der Waals surface area contributed by atoms with Crippen molar-refractivity contribution in [1.82, 2.24) is 0 Å². The highest BCUT2D eigenvalue weighted by molar-refractivity contribution is 14.1. The average molecular weight is 319 g/mol. The third kappa shape index (κ3) is 3.70. The third-order valence-electron chi connectivity index (χ3n) is 2.14. The minimum Gasteiger partial charge on any atom is -0.469 e. The number of ether oxygens (including phenoxy) is 1. The lowest BCUT2D eigenvalue weighted by molar-refractivity contribution is -0.140. The van der Waals surface area contributed by atoms with Crippen molar-refractivity contribution in [2.24, 2.45) is 0 Å². The van der Waals surface area contributed by atoms with E-state index in [9.17, 15) is 4.79 Å². The number of hydrogen-bond donors (Lipinski definition) is 0. The summed E-state index contributed by atoms with van der Waals surface area (Å²) in [5.41, 5.74) is 1.14. The molecule has 15 heavy (non-hydrogen) atoms. The van der Waals surface area contributed by atoms with Crippen LogP contribution in [0, 0.1) is 3.57 Å². The van der Waals surface area contributed by atoms with Crippen LogP contribution in [0.15, 0.2) is 24.3 Å². The molecule has 3 nitrogen and oxygen atoms in total. The normalized spacial score (nSPS) is 9.80. The number of carbonyl (C=O) groups excluding carboxylic acids is 1. The van der Waals surface area contributed by atoms with Crippen LogP contribution in [0.2, 0.25) is 0 Å². The Morgan fingerprint density at radius 1 is 1.47 bits per heavy atom. The van der Waals surface area contributed by atoms with Crippen LogP contribution in [0.1, 0.15) is 6.42 Å². The molecule has 0 spiro atoms. The van der Waals surface area contributed by atoms with Gasteiger partial charge in [-0.05, 0) is 34.7 Å². The number of halogens is 1. The highest BCUT2D eigenvalue weighted by Gasteiger charge is 2.07. The monoisotopic (exact) mass is 319 g/mol. The Kier molecular flexibility index (Phi) is 4.87. The van der Waals surface area contributed by atoms with Gasteiger partial charge in [-0.3, -0.25) is 4.79 Å². The topological polar surface area (TPSA) is 29.5 Å². The van der Waals surface area contributed by atoms with E-state index in [2.05, 4.69) is 32.2 Å². The molecule has 4 heteroatoms. The van der Waals surface area contributed by atoms with Crippen molar-refractivity contribution in [2.75, 3.05) is 25.6 Å². The molecular weight excluding hydrogens is 305 g/mol. The maximum Gasteiger partial charge on any atom is 0.307 e. The van der Waals surface area contributed by atoms with Crippen LogP contribution in [0.4, 0.5) is 5.69 Å². The van der Waals surface area contributed by atoms with E-state index in [0.717, 1.165) is 5.69 Å². The van der Waals surface area contributed by atoms with Crippen molar-refractivity contribution in [1.29, 1.82) is 0 Å². The molecule has 0 aliphatic heterocycles. The van der Waals surface area contributed by atoms with Crippen LogP contribution in [0.5, 0.6) is 0 Å². The van der Waals surface area contributed by atoms with Crippen molar-refractivity contribution in [3.63, 3.8) is 0 Å². The van der Waals surface area contributed by atoms with E-state index >= 15 is 0 Å². The van der Waals surface area contributed by atoms with Crippen LogP contribution in [-0.4, -0.2) is 26.7 Å². The summed E-state index contributed by atoms with van der Waals surface area (Å²) in [4.78, 5) is 13.0. The summed E-state index contributed by atoms with van der Waals surface area (Å²) in [6.07, 6.45) is 0.415. The summed E-state index contributed by atoms with van der Waals surface area (Å²) in [6, 6.07) is 8.08. The number of carbonyl (C=O) groups is 1. The minimum absolute atomic E-state index is 0.173. The van der Waals surface area contributed by atoms with Crippen LogP contribution in [-0.2, 0) is 9.53 Å². The molecule has 0 fully saturated rings. The predicted molar refractivity (Wildman–Crippen MR) is 69.1 cm³/mol. The van der Waals surface area contributed by atoms with E-state index in [1.807, 2.05) is 31.3 Å². The Morgan fingerprint density at radius 3 is 2.73 bits per heavy atom. The number of rotatable bonds is 4. The van der Waals surface area contributed by atoms with Gasteiger partial charge in [0.2, 0.25) is 0 Å². The molecule has 0 saturated carbocycles. The van der Waals surface area contributed by atoms with Gasteiger partial charge >= 0.3 is 5.97 Å². The first kappa shape index (κ1) is 12.3. The summed E-state index contributed by atoms with van der Waals surface area (Å²) in [5, 5.41) is 0. The minimum atomic E-state index is -0.173. The molecule has 0 aromatic heterocycles. The molecule has 1 rings (SSSR count). The van der Waals surface area contributed by atoms with Crippen molar-refractivity contribution in [3.8, 4) is 0 Å². The number of anilines is 1. The first-order valence-electron chi connectivity index (χ1n) is 4.67. The Balaban J connectivity index is 2.57. The van der Waals surface area contributed by atoms with Crippen molar-refractivity contribution < 1.29 is 9.53 Å². The highest BCUT2D eigenvalue weighted by atomic mass is 127. The smallest absolute Gasteiger partial charge is 0.307 e. The summed E-state index contributed by atoms with van der Waals surface area (Å²) < 4.78 is 5.78. The van der Waals surface area contributed by atoms with E-state index in [1.165, 1.54) is 10.7 Å². The lowest BCUT2D eigenvalue weighted by Crippen LogP contribution is -2.22. The fourth-order valence-electron chi connectivity index (χ4n) is 1.24. The van der Waals surface area contributed by atoms with Crippen molar-refractivity contribution in [2.45, 2.75) is 6.42 Å². The molecule has 1 aromatic carbocycles. The molecule has 0 aliphatic rings. The number of benzene rings is 1.